The number of carbonyl (C=O) groups excluding carboxylic acids is 1. The smallest absolute Gasteiger partial charge is 0.543 e. The Bertz CT molecular complexity index is 1100. The van der Waals surface area contributed by atoms with Gasteiger partial charge < -0.3 is 14.6 Å². The van der Waals surface area contributed by atoms with E-state index in [0.29, 0.717) is 6.07 Å². The Morgan fingerprint density at radius 2 is 1.77 bits per heavy atom. The molecule has 2 aromatic carbocycles. The van der Waals surface area contributed by atoms with Gasteiger partial charge in [0.05, 0.1) is 22.2 Å². The van der Waals surface area contributed by atoms with Crippen molar-refractivity contribution >= 4 is 17.3 Å². The molecule has 0 aliphatic carbocycles. The molecule has 0 N–H and O–H groups in total. The summed E-state index contributed by atoms with van der Waals surface area (Å²) >= 11 is 0.895. The summed E-state index contributed by atoms with van der Waals surface area (Å²) in [5, 5.41) is 12.2. The van der Waals surface area contributed by atoms with Gasteiger partial charge in [0.25, 0.3) is 0 Å². The van der Waals surface area contributed by atoms with Crippen LogP contribution in [0.15, 0.2) is 35.7 Å². The van der Waals surface area contributed by atoms with Gasteiger partial charge in [0.1, 0.15) is 12.4 Å². The molecule has 0 aliphatic heterocycles. The Balaban J connectivity index is 0.00000341. The van der Waals surface area contributed by atoms with Gasteiger partial charge in [0, 0.05) is 22.9 Å². The van der Waals surface area contributed by atoms with E-state index in [0.717, 1.165) is 35.6 Å². The number of carboxylic acid groups (broad SMARTS) is 1. The average molecular weight is 469 g/mol. The molecule has 12 heteroatoms. The molecule has 1 heterocycles. The van der Waals surface area contributed by atoms with Crippen LogP contribution in [-0.4, -0.2) is 11.0 Å². The monoisotopic (exact) mass is 469 g/mol. The third kappa shape index (κ3) is 6.00. The zero-order valence-electron chi connectivity index (χ0n) is 15.7. The molecule has 0 radical (unpaired) electrons. The van der Waals surface area contributed by atoms with Crippen LogP contribution in [-0.2, 0) is 19.2 Å². The van der Waals surface area contributed by atoms with Crippen molar-refractivity contribution in [2.75, 3.05) is 0 Å². The van der Waals surface area contributed by atoms with E-state index in [4.69, 9.17) is 4.74 Å². The van der Waals surface area contributed by atoms with Gasteiger partial charge in [-0.2, -0.15) is 13.2 Å². The molecule has 0 aliphatic rings. The van der Waals surface area contributed by atoms with E-state index in [1.165, 1.54) is 5.38 Å². The summed E-state index contributed by atoms with van der Waals surface area (Å²) in [6.07, 6.45) is -4.87. The third-order valence-corrected chi connectivity index (χ3v) is 4.84. The molecule has 0 atom stereocenters. The van der Waals surface area contributed by atoms with Crippen molar-refractivity contribution < 1.29 is 70.5 Å². The Hall–Kier alpha value is -2.08. The number of ether oxygens (including phenoxy) is 1. The molecule has 0 amide bonds. The first-order valence-electron chi connectivity index (χ1n) is 8.17. The first kappa shape index (κ1) is 25.2. The van der Waals surface area contributed by atoms with Crippen molar-refractivity contribution in [3.8, 4) is 5.75 Å². The maximum absolute atomic E-state index is 13.8. The zero-order valence-corrected chi connectivity index (χ0v) is 18.5. The van der Waals surface area contributed by atoms with Crippen molar-refractivity contribution in [2.45, 2.75) is 19.2 Å². The number of aromatic nitrogens is 1. The number of hydrogen-bond acceptors (Lipinski definition) is 5. The van der Waals surface area contributed by atoms with Crippen molar-refractivity contribution in [3.63, 3.8) is 0 Å². The number of aromatic carboxylic acids is 1. The van der Waals surface area contributed by atoms with Crippen LogP contribution in [0.5, 0.6) is 5.75 Å². The predicted molar refractivity (Wildman–Crippen MR) is 91.3 cm³/mol. The molecule has 3 rings (SSSR count). The molecule has 0 saturated carbocycles. The van der Waals surface area contributed by atoms with Gasteiger partial charge in [-0.1, -0.05) is 0 Å². The van der Waals surface area contributed by atoms with Crippen LogP contribution in [0.25, 0.3) is 0 Å². The second-order valence-corrected chi connectivity index (χ2v) is 6.98. The minimum absolute atomic E-state index is 0. The number of halogens is 6. The summed E-state index contributed by atoms with van der Waals surface area (Å²) in [5.41, 5.74) is -1.70. The van der Waals surface area contributed by atoms with E-state index in [2.05, 4.69) is 4.98 Å². The molecule has 0 unspecified atom stereocenters. The van der Waals surface area contributed by atoms with E-state index >= 15 is 0 Å². The average Bonchev–Trinajstić information content (AvgIpc) is 3.14. The Kier molecular flexibility index (Phi) is 8.15. The van der Waals surface area contributed by atoms with Crippen molar-refractivity contribution in [1.29, 1.82) is 0 Å². The quantitative estimate of drug-likeness (QED) is 0.309. The molecule has 1 aromatic heterocycles. The fraction of sp³-hybridized carbons (Fsp3) is 0.158. The Morgan fingerprint density at radius 1 is 1.06 bits per heavy atom. The molecular formula is C19H10F6NNaO3S. The van der Waals surface area contributed by atoms with Gasteiger partial charge >= 0.3 is 35.7 Å². The molecular weight excluding hydrogens is 459 g/mol. The molecule has 0 fully saturated rings. The van der Waals surface area contributed by atoms with E-state index in [1.807, 2.05) is 0 Å². The number of benzene rings is 2. The molecule has 31 heavy (non-hydrogen) atoms. The number of nitrogens with zero attached hydrogens (tertiary/aromatic N) is 1. The van der Waals surface area contributed by atoms with Gasteiger partial charge in [-0.15, -0.1) is 11.3 Å². The largest absolute Gasteiger partial charge is 1.00 e. The zero-order chi connectivity index (χ0) is 22.1. The van der Waals surface area contributed by atoms with Gasteiger partial charge in [0.15, 0.2) is 17.5 Å². The standard InChI is InChI=1S/C19H11F6NO3S.Na/c20-12-3-1-9(16(21)17(12)22)7-29-14-4-2-11(19(23,24)25)5-10(14)6-15-26-13(8-30-15)18(27)28;/h1-5,8H,6-7H2,(H,27,28);/q;+1/p-1. The molecule has 158 valence electrons. The van der Waals surface area contributed by atoms with Crippen LogP contribution in [0.4, 0.5) is 26.3 Å². The van der Waals surface area contributed by atoms with Crippen molar-refractivity contribution in [1.82, 2.24) is 4.98 Å². The second-order valence-electron chi connectivity index (χ2n) is 6.03. The van der Waals surface area contributed by atoms with Crippen LogP contribution >= 0.6 is 11.3 Å². The van der Waals surface area contributed by atoms with Gasteiger partial charge in [-0.05, 0) is 30.3 Å². The topological polar surface area (TPSA) is 62.2 Å². The van der Waals surface area contributed by atoms with Gasteiger partial charge in [0.2, 0.25) is 0 Å². The predicted octanol–water partition coefficient (Wildman–Crippen LogP) is 1.12. The second kappa shape index (κ2) is 10.0. The number of carbonyl (C=O) groups is 1. The fourth-order valence-electron chi connectivity index (χ4n) is 2.52. The first-order valence-corrected chi connectivity index (χ1v) is 9.05. The maximum Gasteiger partial charge on any atom is 1.00 e. The van der Waals surface area contributed by atoms with Crippen LogP contribution < -0.4 is 39.4 Å². The SMILES string of the molecule is O=C([O-])c1csc(Cc2cc(C(F)(F)F)ccc2OCc2ccc(F)c(F)c2F)n1.[Na+]. The summed E-state index contributed by atoms with van der Waals surface area (Å²) in [7, 11) is 0. The number of hydrogen-bond donors (Lipinski definition) is 0. The Morgan fingerprint density at radius 3 is 2.39 bits per heavy atom. The van der Waals surface area contributed by atoms with E-state index < -0.39 is 41.8 Å². The molecule has 0 saturated heterocycles. The summed E-state index contributed by atoms with van der Waals surface area (Å²) in [4.78, 5) is 14.6. The van der Waals surface area contributed by atoms with Crippen LogP contribution in [0.2, 0.25) is 0 Å². The molecule has 4 nitrogen and oxygen atoms in total. The maximum atomic E-state index is 13.8. The van der Waals surface area contributed by atoms with E-state index in [-0.39, 0.29) is 63.6 Å². The summed E-state index contributed by atoms with van der Waals surface area (Å²) in [6.45, 7) is -0.580. The first-order chi connectivity index (χ1) is 14.1. The number of rotatable bonds is 6. The van der Waals surface area contributed by atoms with Gasteiger partial charge in [-0.3, -0.25) is 0 Å². The Labute approximate surface area is 197 Å². The fourth-order valence-corrected chi connectivity index (χ4v) is 3.30. The molecule has 3 aromatic rings. The minimum atomic E-state index is -4.65. The van der Waals surface area contributed by atoms with Crippen molar-refractivity contribution in [3.05, 3.63) is 80.6 Å². The van der Waals surface area contributed by atoms with E-state index in [1.54, 1.807) is 0 Å². The van der Waals surface area contributed by atoms with Crippen LogP contribution in [0, 0.1) is 17.5 Å². The van der Waals surface area contributed by atoms with Crippen LogP contribution in [0.1, 0.15) is 32.2 Å². The summed E-state index contributed by atoms with van der Waals surface area (Å²) < 4.78 is 84.7. The molecule has 0 spiro atoms. The number of carboxylic acids is 1. The minimum Gasteiger partial charge on any atom is -0.543 e. The van der Waals surface area contributed by atoms with Crippen molar-refractivity contribution in [2.24, 2.45) is 0 Å². The summed E-state index contributed by atoms with van der Waals surface area (Å²) in [5.74, 6) is -6.17. The van der Waals surface area contributed by atoms with E-state index in [9.17, 15) is 36.2 Å². The third-order valence-electron chi connectivity index (χ3n) is 3.99. The number of alkyl halides is 3. The number of thiazole rings is 1. The van der Waals surface area contributed by atoms with Gasteiger partial charge in [-0.25, -0.2) is 18.2 Å². The summed E-state index contributed by atoms with van der Waals surface area (Å²) in [6, 6.07) is 4.18. The van der Waals surface area contributed by atoms with Crippen LogP contribution in [0.3, 0.4) is 0 Å². The molecule has 0 bridgehead atoms. The normalized spacial score (nSPS) is 11.2.